The van der Waals surface area contributed by atoms with Gasteiger partial charge in [0.15, 0.2) is 5.69 Å². The normalized spacial score (nSPS) is 15.6. The van der Waals surface area contributed by atoms with Gasteiger partial charge >= 0.3 is 5.97 Å². The maximum absolute atomic E-state index is 11.3. The average Bonchev–Trinajstić information content (AvgIpc) is 2.58. The Bertz CT molecular complexity index is 764. The van der Waals surface area contributed by atoms with Crippen molar-refractivity contribution in [2.75, 3.05) is 44.7 Å². The van der Waals surface area contributed by atoms with E-state index >= 15 is 0 Å². The lowest BCUT2D eigenvalue weighted by molar-refractivity contribution is 0.0398. The highest BCUT2D eigenvalue weighted by atomic mass is 35.5. The molecule has 0 aliphatic carbocycles. The molecule has 1 aliphatic heterocycles. The molecule has 3 rings (SSSR count). The number of morpholine rings is 1. The predicted molar refractivity (Wildman–Crippen MR) is 94.5 cm³/mol. The molecule has 1 fully saturated rings. The fourth-order valence-corrected chi connectivity index (χ4v) is 3.14. The largest absolute Gasteiger partial charge is 0.477 e. The van der Waals surface area contributed by atoms with E-state index in [-0.39, 0.29) is 5.69 Å². The molecule has 0 radical (unpaired) electrons. The summed E-state index contributed by atoms with van der Waals surface area (Å²) in [6.45, 7) is 4.75. The van der Waals surface area contributed by atoms with Crippen molar-refractivity contribution in [1.82, 2.24) is 9.88 Å². The zero-order valence-electron chi connectivity index (χ0n) is 12.9. The van der Waals surface area contributed by atoms with Crippen LogP contribution in [0.5, 0.6) is 0 Å². The Labute approximate surface area is 149 Å². The molecule has 2 aromatic rings. The summed E-state index contributed by atoms with van der Waals surface area (Å²) in [5.41, 5.74) is 0.941. The number of nitrogens with one attached hydrogen (secondary N) is 1. The Kier molecular flexibility index (Phi) is 5.40. The lowest BCUT2D eigenvalue weighted by Gasteiger charge is -2.26. The summed E-state index contributed by atoms with van der Waals surface area (Å²) in [4.78, 5) is 17.7. The van der Waals surface area contributed by atoms with Crippen molar-refractivity contribution < 1.29 is 14.6 Å². The Hall–Kier alpha value is -1.60. The molecule has 0 saturated carbocycles. The van der Waals surface area contributed by atoms with Crippen LogP contribution in [-0.4, -0.2) is 60.4 Å². The molecule has 2 heterocycles. The van der Waals surface area contributed by atoms with E-state index in [0.717, 1.165) is 32.8 Å². The molecule has 1 aliphatic rings. The van der Waals surface area contributed by atoms with Crippen LogP contribution in [0.4, 0.5) is 5.69 Å². The van der Waals surface area contributed by atoms with E-state index in [4.69, 9.17) is 27.9 Å². The van der Waals surface area contributed by atoms with Crippen LogP contribution >= 0.6 is 23.2 Å². The van der Waals surface area contributed by atoms with Gasteiger partial charge in [0, 0.05) is 37.3 Å². The number of carboxylic acids is 1. The van der Waals surface area contributed by atoms with Gasteiger partial charge in [-0.2, -0.15) is 0 Å². The van der Waals surface area contributed by atoms with Gasteiger partial charge in [-0.1, -0.05) is 23.2 Å². The van der Waals surface area contributed by atoms with Crippen LogP contribution in [0.3, 0.4) is 0 Å². The van der Waals surface area contributed by atoms with Gasteiger partial charge in [-0.15, -0.1) is 0 Å². The highest BCUT2D eigenvalue weighted by Gasteiger charge is 2.16. The molecule has 2 N–H and O–H groups in total. The molecule has 1 saturated heterocycles. The molecule has 0 unspecified atom stereocenters. The molecule has 1 aromatic carbocycles. The molecule has 0 spiro atoms. The summed E-state index contributed by atoms with van der Waals surface area (Å²) < 4.78 is 5.33. The summed E-state index contributed by atoms with van der Waals surface area (Å²) in [5, 5.41) is 14.0. The van der Waals surface area contributed by atoms with Gasteiger partial charge in [-0.3, -0.25) is 4.90 Å². The number of fused-ring (bicyclic) bond motifs is 1. The third kappa shape index (κ3) is 3.72. The van der Waals surface area contributed by atoms with Crippen LogP contribution in [0.25, 0.3) is 10.9 Å². The number of aromatic nitrogens is 1. The van der Waals surface area contributed by atoms with Gasteiger partial charge < -0.3 is 15.2 Å². The molecular weight excluding hydrogens is 353 g/mol. The molecular formula is C16H17Cl2N3O3. The molecule has 0 bridgehead atoms. The smallest absolute Gasteiger partial charge is 0.354 e. The van der Waals surface area contributed by atoms with E-state index in [1.165, 1.54) is 6.07 Å². The minimum Gasteiger partial charge on any atom is -0.477 e. The van der Waals surface area contributed by atoms with Crippen LogP contribution in [0, 0.1) is 0 Å². The summed E-state index contributed by atoms with van der Waals surface area (Å²) in [7, 11) is 0. The van der Waals surface area contributed by atoms with Gasteiger partial charge in [0.25, 0.3) is 0 Å². The van der Waals surface area contributed by atoms with Crippen LogP contribution in [-0.2, 0) is 4.74 Å². The summed E-state index contributed by atoms with van der Waals surface area (Å²) in [6.07, 6.45) is 0. The monoisotopic (exact) mass is 369 g/mol. The number of nitrogens with zero attached hydrogens (tertiary/aromatic N) is 2. The number of hydrogen-bond acceptors (Lipinski definition) is 5. The zero-order chi connectivity index (χ0) is 17.1. The van der Waals surface area contributed by atoms with Crippen molar-refractivity contribution >= 4 is 45.8 Å². The minimum absolute atomic E-state index is 0.0689. The number of halogens is 2. The SMILES string of the molecule is O=C(O)c1cc(NCCN2CCOCC2)c2c(Cl)ccc(Cl)c2n1. The molecule has 24 heavy (non-hydrogen) atoms. The van der Waals surface area contributed by atoms with Crippen molar-refractivity contribution in [1.29, 1.82) is 0 Å². The maximum Gasteiger partial charge on any atom is 0.354 e. The number of ether oxygens (including phenoxy) is 1. The Morgan fingerprint density at radius 1 is 1.29 bits per heavy atom. The lowest BCUT2D eigenvalue weighted by Crippen LogP contribution is -2.39. The first kappa shape index (κ1) is 17.2. The van der Waals surface area contributed by atoms with Crippen LogP contribution < -0.4 is 5.32 Å². The van der Waals surface area contributed by atoms with E-state index in [9.17, 15) is 9.90 Å². The van der Waals surface area contributed by atoms with E-state index in [2.05, 4.69) is 15.2 Å². The van der Waals surface area contributed by atoms with Crippen molar-refractivity contribution in [2.24, 2.45) is 0 Å². The van der Waals surface area contributed by atoms with E-state index in [1.54, 1.807) is 12.1 Å². The third-order valence-corrected chi connectivity index (χ3v) is 4.55. The Morgan fingerprint density at radius 3 is 2.71 bits per heavy atom. The van der Waals surface area contributed by atoms with Crippen molar-refractivity contribution in [2.45, 2.75) is 0 Å². The zero-order valence-corrected chi connectivity index (χ0v) is 14.4. The summed E-state index contributed by atoms with van der Waals surface area (Å²) >= 11 is 12.5. The summed E-state index contributed by atoms with van der Waals surface area (Å²) in [5.74, 6) is -1.11. The summed E-state index contributed by atoms with van der Waals surface area (Å²) in [6, 6.07) is 4.79. The van der Waals surface area contributed by atoms with Crippen molar-refractivity contribution in [3.05, 3.63) is 33.9 Å². The number of pyridine rings is 1. The molecule has 1 aromatic heterocycles. The van der Waals surface area contributed by atoms with Crippen molar-refractivity contribution in [3.63, 3.8) is 0 Å². The molecule has 128 valence electrons. The topological polar surface area (TPSA) is 74.7 Å². The molecule has 0 atom stereocenters. The second-order valence-corrected chi connectivity index (χ2v) is 6.31. The maximum atomic E-state index is 11.3. The molecule has 0 amide bonds. The first-order valence-electron chi connectivity index (χ1n) is 7.62. The fraction of sp³-hybridized carbons (Fsp3) is 0.375. The highest BCUT2D eigenvalue weighted by Crippen LogP contribution is 2.34. The number of rotatable bonds is 5. The second kappa shape index (κ2) is 7.53. The van der Waals surface area contributed by atoms with Gasteiger partial charge in [-0.05, 0) is 18.2 Å². The van der Waals surface area contributed by atoms with E-state index in [1.807, 2.05) is 0 Å². The predicted octanol–water partition coefficient (Wildman–Crippen LogP) is 2.98. The molecule has 6 nitrogen and oxygen atoms in total. The van der Waals surface area contributed by atoms with Crippen LogP contribution in [0.15, 0.2) is 18.2 Å². The number of hydrogen-bond donors (Lipinski definition) is 2. The number of benzene rings is 1. The first-order chi connectivity index (χ1) is 11.6. The second-order valence-electron chi connectivity index (χ2n) is 5.49. The fourth-order valence-electron chi connectivity index (χ4n) is 2.69. The van der Waals surface area contributed by atoms with Gasteiger partial charge in [-0.25, -0.2) is 9.78 Å². The van der Waals surface area contributed by atoms with E-state index in [0.29, 0.717) is 33.2 Å². The van der Waals surface area contributed by atoms with Crippen molar-refractivity contribution in [3.8, 4) is 0 Å². The third-order valence-electron chi connectivity index (χ3n) is 3.93. The highest BCUT2D eigenvalue weighted by molar-refractivity contribution is 6.41. The minimum atomic E-state index is -1.11. The standard InChI is InChI=1S/C16H17Cl2N3O3/c17-10-1-2-11(18)15-14(10)12(9-13(20-15)16(22)23)19-3-4-21-5-7-24-8-6-21/h1-2,9H,3-8H2,(H,19,20)(H,22,23). The van der Waals surface area contributed by atoms with Crippen LogP contribution in [0.1, 0.15) is 10.5 Å². The van der Waals surface area contributed by atoms with E-state index < -0.39 is 5.97 Å². The van der Waals surface area contributed by atoms with Crippen LogP contribution in [0.2, 0.25) is 10.0 Å². The van der Waals surface area contributed by atoms with Gasteiger partial charge in [0.1, 0.15) is 0 Å². The Balaban J connectivity index is 1.87. The first-order valence-corrected chi connectivity index (χ1v) is 8.38. The Morgan fingerprint density at radius 2 is 2.00 bits per heavy atom. The lowest BCUT2D eigenvalue weighted by atomic mass is 10.1. The molecule has 8 heteroatoms. The average molecular weight is 370 g/mol. The van der Waals surface area contributed by atoms with Gasteiger partial charge in [0.2, 0.25) is 0 Å². The van der Waals surface area contributed by atoms with Gasteiger partial charge in [0.05, 0.1) is 28.8 Å². The quantitative estimate of drug-likeness (QED) is 0.843. The number of carboxylic acid groups (broad SMARTS) is 1. The number of anilines is 1. The number of aromatic carboxylic acids is 1. The number of carbonyl (C=O) groups is 1.